The summed E-state index contributed by atoms with van der Waals surface area (Å²) in [5.74, 6) is -0.304. The number of primary amides is 1. The molecule has 24 heavy (non-hydrogen) atoms. The molecule has 2 aromatic rings. The Morgan fingerprint density at radius 1 is 1.17 bits per heavy atom. The Balaban J connectivity index is 1.64. The van der Waals surface area contributed by atoms with Gasteiger partial charge in [-0.05, 0) is 6.92 Å². The summed E-state index contributed by atoms with van der Waals surface area (Å²) in [6.45, 7) is 4.54. The molecule has 1 aromatic carbocycles. The third-order valence-corrected chi connectivity index (χ3v) is 4.11. The van der Waals surface area contributed by atoms with Crippen molar-refractivity contribution >= 4 is 11.8 Å². The van der Waals surface area contributed by atoms with Crippen molar-refractivity contribution < 1.29 is 14.1 Å². The van der Waals surface area contributed by atoms with Crippen LogP contribution in [0.15, 0.2) is 34.9 Å². The lowest BCUT2D eigenvalue weighted by Gasteiger charge is -2.33. The van der Waals surface area contributed by atoms with Crippen LogP contribution in [0.25, 0.3) is 11.3 Å². The number of aromatic nitrogens is 1. The fourth-order valence-electron chi connectivity index (χ4n) is 2.72. The van der Waals surface area contributed by atoms with Crippen LogP contribution in [0.2, 0.25) is 0 Å². The topological polar surface area (TPSA) is 92.7 Å². The van der Waals surface area contributed by atoms with Crippen LogP contribution in [-0.4, -0.2) is 59.5 Å². The molecule has 7 nitrogen and oxygen atoms in total. The fraction of sp³-hybridized carbons (Fsp3) is 0.353. The van der Waals surface area contributed by atoms with E-state index in [0.29, 0.717) is 31.9 Å². The molecule has 2 amide bonds. The van der Waals surface area contributed by atoms with Gasteiger partial charge in [-0.2, -0.15) is 0 Å². The van der Waals surface area contributed by atoms with Crippen molar-refractivity contribution in [1.29, 1.82) is 0 Å². The Morgan fingerprint density at radius 2 is 1.83 bits per heavy atom. The van der Waals surface area contributed by atoms with Crippen molar-refractivity contribution in [2.75, 3.05) is 32.7 Å². The van der Waals surface area contributed by atoms with Crippen LogP contribution < -0.4 is 5.73 Å². The van der Waals surface area contributed by atoms with Crippen LogP contribution in [0.3, 0.4) is 0 Å². The van der Waals surface area contributed by atoms with Crippen molar-refractivity contribution in [3.05, 3.63) is 41.7 Å². The average molecular weight is 328 g/mol. The molecule has 0 saturated carbocycles. The third-order valence-electron chi connectivity index (χ3n) is 4.11. The number of carbonyl (C=O) groups is 2. The highest BCUT2D eigenvalue weighted by atomic mass is 16.5. The van der Waals surface area contributed by atoms with Crippen molar-refractivity contribution in [2.24, 2.45) is 5.73 Å². The minimum Gasteiger partial charge on any atom is -0.369 e. The molecule has 1 saturated heterocycles. The first-order valence-corrected chi connectivity index (χ1v) is 7.86. The Kier molecular flexibility index (Phi) is 4.61. The van der Waals surface area contributed by atoms with Gasteiger partial charge in [-0.15, -0.1) is 0 Å². The van der Waals surface area contributed by atoms with Gasteiger partial charge < -0.3 is 15.2 Å². The normalized spacial score (nSPS) is 15.5. The lowest BCUT2D eigenvalue weighted by molar-refractivity contribution is -0.119. The number of rotatable bonds is 4. The van der Waals surface area contributed by atoms with Gasteiger partial charge in [0.1, 0.15) is 5.69 Å². The number of piperazine rings is 1. The number of amides is 2. The van der Waals surface area contributed by atoms with E-state index in [-0.39, 0.29) is 24.1 Å². The van der Waals surface area contributed by atoms with Crippen molar-refractivity contribution in [2.45, 2.75) is 6.92 Å². The zero-order valence-corrected chi connectivity index (χ0v) is 13.6. The van der Waals surface area contributed by atoms with Crippen LogP contribution in [0.5, 0.6) is 0 Å². The van der Waals surface area contributed by atoms with Gasteiger partial charge in [-0.25, -0.2) is 0 Å². The van der Waals surface area contributed by atoms with Gasteiger partial charge >= 0.3 is 0 Å². The molecule has 0 radical (unpaired) electrons. The summed E-state index contributed by atoms with van der Waals surface area (Å²) in [5, 5.41) is 3.99. The molecule has 0 atom stereocenters. The van der Waals surface area contributed by atoms with E-state index in [1.54, 1.807) is 11.0 Å². The minimum atomic E-state index is -0.354. The number of benzene rings is 1. The van der Waals surface area contributed by atoms with Gasteiger partial charge in [-0.1, -0.05) is 35.0 Å². The maximum absolute atomic E-state index is 12.5. The molecule has 0 bridgehead atoms. The molecule has 3 rings (SSSR count). The summed E-state index contributed by atoms with van der Waals surface area (Å²) in [6.07, 6.45) is 0. The Morgan fingerprint density at radius 3 is 2.46 bits per heavy atom. The zero-order chi connectivity index (χ0) is 17.1. The quantitative estimate of drug-likeness (QED) is 0.900. The number of nitrogens with zero attached hydrogens (tertiary/aromatic N) is 3. The van der Waals surface area contributed by atoms with E-state index in [9.17, 15) is 9.59 Å². The predicted octanol–water partition coefficient (Wildman–Crippen LogP) is 0.893. The number of hydrogen-bond donors (Lipinski definition) is 1. The summed E-state index contributed by atoms with van der Waals surface area (Å²) in [4.78, 5) is 27.1. The van der Waals surface area contributed by atoms with E-state index in [0.717, 1.165) is 11.1 Å². The molecule has 0 aliphatic carbocycles. The number of nitrogens with two attached hydrogens (primary N) is 1. The van der Waals surface area contributed by atoms with Crippen LogP contribution in [0.4, 0.5) is 0 Å². The fourth-order valence-corrected chi connectivity index (χ4v) is 2.72. The Bertz CT molecular complexity index is 731. The second-order valence-corrected chi connectivity index (χ2v) is 5.98. The highest BCUT2D eigenvalue weighted by Crippen LogP contribution is 2.20. The summed E-state index contributed by atoms with van der Waals surface area (Å²) in [6, 6.07) is 9.55. The second-order valence-electron chi connectivity index (χ2n) is 5.98. The van der Waals surface area contributed by atoms with E-state index in [4.69, 9.17) is 10.3 Å². The molecule has 1 aromatic heterocycles. The standard InChI is InChI=1S/C17H20N4O3/c1-12-2-4-13(5-3-12)14-10-15(24-19-14)17(23)21-8-6-20(7-9-21)11-16(18)22/h2-5,10H,6-9,11H2,1H3,(H2,18,22). The van der Waals surface area contributed by atoms with Crippen LogP contribution in [0.1, 0.15) is 16.1 Å². The lowest BCUT2D eigenvalue weighted by atomic mass is 10.1. The van der Waals surface area contributed by atoms with Gasteiger partial charge in [0.2, 0.25) is 11.7 Å². The van der Waals surface area contributed by atoms with Crippen LogP contribution in [0, 0.1) is 6.92 Å². The summed E-state index contributed by atoms with van der Waals surface area (Å²) >= 11 is 0. The maximum atomic E-state index is 12.5. The van der Waals surface area contributed by atoms with Crippen molar-refractivity contribution in [3.63, 3.8) is 0 Å². The van der Waals surface area contributed by atoms with Gasteiger partial charge in [0.15, 0.2) is 0 Å². The molecule has 126 valence electrons. The first-order valence-electron chi connectivity index (χ1n) is 7.86. The largest absolute Gasteiger partial charge is 0.369 e. The first kappa shape index (κ1) is 16.2. The first-order chi connectivity index (χ1) is 11.5. The Labute approximate surface area is 140 Å². The average Bonchev–Trinajstić information content (AvgIpc) is 3.05. The predicted molar refractivity (Wildman–Crippen MR) is 88.2 cm³/mol. The van der Waals surface area contributed by atoms with Gasteiger partial charge in [0.25, 0.3) is 5.91 Å². The second kappa shape index (κ2) is 6.84. The lowest BCUT2D eigenvalue weighted by Crippen LogP contribution is -2.50. The van der Waals surface area contributed by atoms with E-state index < -0.39 is 0 Å². The Hall–Kier alpha value is -2.67. The smallest absolute Gasteiger partial charge is 0.292 e. The molecule has 0 unspecified atom stereocenters. The number of carbonyl (C=O) groups excluding carboxylic acids is 2. The van der Waals surface area contributed by atoms with E-state index in [1.807, 2.05) is 36.1 Å². The maximum Gasteiger partial charge on any atom is 0.292 e. The molecule has 0 spiro atoms. The highest BCUT2D eigenvalue weighted by Gasteiger charge is 2.25. The molecule has 2 heterocycles. The van der Waals surface area contributed by atoms with Crippen molar-refractivity contribution in [3.8, 4) is 11.3 Å². The SMILES string of the molecule is Cc1ccc(-c2cc(C(=O)N3CCN(CC(N)=O)CC3)on2)cc1. The van der Waals surface area contributed by atoms with Crippen molar-refractivity contribution in [1.82, 2.24) is 15.0 Å². The van der Waals surface area contributed by atoms with E-state index in [1.165, 1.54) is 0 Å². The molecular weight excluding hydrogens is 308 g/mol. The molecule has 1 aliphatic rings. The highest BCUT2D eigenvalue weighted by molar-refractivity contribution is 5.92. The van der Waals surface area contributed by atoms with Crippen LogP contribution in [-0.2, 0) is 4.79 Å². The molecule has 2 N–H and O–H groups in total. The third kappa shape index (κ3) is 3.62. The van der Waals surface area contributed by atoms with Gasteiger partial charge in [0, 0.05) is 37.8 Å². The minimum absolute atomic E-state index is 0.181. The zero-order valence-electron chi connectivity index (χ0n) is 13.6. The number of hydrogen-bond acceptors (Lipinski definition) is 5. The van der Waals surface area contributed by atoms with E-state index in [2.05, 4.69) is 5.16 Å². The van der Waals surface area contributed by atoms with Gasteiger partial charge in [-0.3, -0.25) is 14.5 Å². The van der Waals surface area contributed by atoms with Gasteiger partial charge in [0.05, 0.1) is 6.54 Å². The number of aryl methyl sites for hydroxylation is 1. The molecular formula is C17H20N4O3. The molecule has 7 heteroatoms. The summed E-state index contributed by atoms with van der Waals surface area (Å²) in [7, 11) is 0. The van der Waals surface area contributed by atoms with Crippen LogP contribution >= 0.6 is 0 Å². The molecule has 1 aliphatic heterocycles. The molecule has 1 fully saturated rings. The summed E-state index contributed by atoms with van der Waals surface area (Å²) in [5.41, 5.74) is 7.91. The van der Waals surface area contributed by atoms with E-state index >= 15 is 0 Å². The monoisotopic (exact) mass is 328 g/mol. The summed E-state index contributed by atoms with van der Waals surface area (Å²) < 4.78 is 5.23.